The van der Waals surface area contributed by atoms with E-state index in [4.69, 9.17) is 0 Å². The smallest absolute Gasteiger partial charge is 0.0919 e. The lowest BCUT2D eigenvalue weighted by Gasteiger charge is -2.46. The summed E-state index contributed by atoms with van der Waals surface area (Å²) in [5.41, 5.74) is 0.644. The minimum atomic E-state index is 0.120. The van der Waals surface area contributed by atoms with E-state index in [0.717, 1.165) is 36.5 Å². The van der Waals surface area contributed by atoms with Crippen LogP contribution in [0.5, 0.6) is 0 Å². The van der Waals surface area contributed by atoms with Crippen LogP contribution in [0.15, 0.2) is 5.18 Å². The van der Waals surface area contributed by atoms with Crippen molar-refractivity contribution in [1.29, 1.82) is 0 Å². The van der Waals surface area contributed by atoms with E-state index in [0.29, 0.717) is 5.41 Å². The molecule has 6 unspecified atom stereocenters. The second-order valence-corrected chi connectivity index (χ2v) is 9.38. The van der Waals surface area contributed by atoms with Gasteiger partial charge in [0.2, 0.25) is 0 Å². The normalized spacial score (nSPS) is 47.9. The first-order chi connectivity index (χ1) is 11.3. The van der Waals surface area contributed by atoms with Crippen LogP contribution in [0, 0.1) is 34.0 Å². The third kappa shape index (κ3) is 3.00. The minimum Gasteiger partial charge on any atom is -0.151 e. The van der Waals surface area contributed by atoms with Crippen molar-refractivity contribution in [3.05, 3.63) is 4.91 Å². The number of nitrogens with zero attached hydrogens (tertiary/aromatic N) is 1. The summed E-state index contributed by atoms with van der Waals surface area (Å²) in [6.07, 6.45) is 21.0. The Morgan fingerprint density at radius 3 is 2.17 bits per heavy atom. The fourth-order valence-electron chi connectivity index (χ4n) is 7.34. The first-order valence-corrected chi connectivity index (χ1v) is 10.6. The topological polar surface area (TPSA) is 29.4 Å². The number of rotatable bonds is 1. The average Bonchev–Trinajstić information content (AvgIpc) is 2.92. The maximum Gasteiger partial charge on any atom is 0.0919 e. The van der Waals surface area contributed by atoms with E-state index in [9.17, 15) is 4.91 Å². The Bertz CT molecular complexity index is 422. The molecule has 0 aliphatic heterocycles. The summed E-state index contributed by atoms with van der Waals surface area (Å²) < 4.78 is 0. The average molecular weight is 318 g/mol. The number of fused-ring (bicyclic) bond motifs is 7. The summed E-state index contributed by atoms with van der Waals surface area (Å²) in [5, 5.41) is 3.42. The molecule has 130 valence electrons. The standard InChI is InChI=1S/C21H35NO/c23-22-20-8-3-4-12-21(13-5-9-20)18-7-2-1-6-16(14-18)17-10-11-19(21)15-17/h16-20H,1-15H2. The second kappa shape index (κ2) is 6.84. The van der Waals surface area contributed by atoms with Crippen LogP contribution in [0.3, 0.4) is 0 Å². The maximum atomic E-state index is 11.1. The van der Waals surface area contributed by atoms with Crippen molar-refractivity contribution in [2.75, 3.05) is 0 Å². The molecule has 4 aliphatic carbocycles. The minimum absolute atomic E-state index is 0.120. The zero-order chi connectivity index (χ0) is 15.7. The van der Waals surface area contributed by atoms with Gasteiger partial charge in [-0.1, -0.05) is 43.7 Å². The largest absolute Gasteiger partial charge is 0.151 e. The number of hydrogen-bond acceptors (Lipinski definition) is 2. The van der Waals surface area contributed by atoms with Gasteiger partial charge in [-0.2, -0.15) is 4.91 Å². The van der Waals surface area contributed by atoms with Crippen LogP contribution in [0.4, 0.5) is 0 Å². The van der Waals surface area contributed by atoms with E-state index in [1.807, 2.05) is 0 Å². The predicted molar refractivity (Wildman–Crippen MR) is 95.2 cm³/mol. The van der Waals surface area contributed by atoms with Crippen LogP contribution in [-0.4, -0.2) is 6.04 Å². The molecule has 2 heteroatoms. The lowest BCUT2D eigenvalue weighted by Crippen LogP contribution is -2.37. The van der Waals surface area contributed by atoms with Gasteiger partial charge in [0.1, 0.15) is 0 Å². The van der Waals surface area contributed by atoms with Crippen LogP contribution >= 0.6 is 0 Å². The summed E-state index contributed by atoms with van der Waals surface area (Å²) in [6, 6.07) is 0.120. The monoisotopic (exact) mass is 317 g/mol. The van der Waals surface area contributed by atoms with Gasteiger partial charge < -0.3 is 0 Å². The van der Waals surface area contributed by atoms with Gasteiger partial charge >= 0.3 is 0 Å². The molecule has 1 spiro atoms. The molecule has 0 aromatic rings. The Labute approximate surface area is 142 Å². The van der Waals surface area contributed by atoms with Gasteiger partial charge in [-0.05, 0) is 86.9 Å². The molecule has 0 aromatic carbocycles. The van der Waals surface area contributed by atoms with E-state index in [1.165, 1.54) is 70.6 Å². The van der Waals surface area contributed by atoms with Crippen LogP contribution < -0.4 is 0 Å². The summed E-state index contributed by atoms with van der Waals surface area (Å²) >= 11 is 0. The van der Waals surface area contributed by atoms with E-state index < -0.39 is 0 Å². The highest BCUT2D eigenvalue weighted by Gasteiger charge is 2.51. The molecule has 23 heavy (non-hydrogen) atoms. The summed E-state index contributed by atoms with van der Waals surface area (Å²) in [7, 11) is 0. The number of nitroso groups, excluding NO2 is 1. The highest BCUT2D eigenvalue weighted by molar-refractivity contribution is 5.02. The van der Waals surface area contributed by atoms with Crippen LogP contribution in [0.2, 0.25) is 0 Å². The van der Waals surface area contributed by atoms with Crippen molar-refractivity contribution in [2.45, 2.75) is 102 Å². The van der Waals surface area contributed by atoms with Crippen molar-refractivity contribution in [2.24, 2.45) is 34.3 Å². The highest BCUT2D eigenvalue weighted by Crippen LogP contribution is 2.61. The zero-order valence-electron chi connectivity index (χ0n) is 14.8. The summed E-state index contributed by atoms with van der Waals surface area (Å²) in [6.45, 7) is 0. The van der Waals surface area contributed by atoms with Gasteiger partial charge in [-0.15, -0.1) is 0 Å². The van der Waals surface area contributed by atoms with Crippen LogP contribution in [0.25, 0.3) is 0 Å². The van der Waals surface area contributed by atoms with Crippen molar-refractivity contribution in [1.82, 2.24) is 0 Å². The van der Waals surface area contributed by atoms with Crippen molar-refractivity contribution < 1.29 is 0 Å². The lowest BCUT2D eigenvalue weighted by molar-refractivity contribution is 0.0374. The van der Waals surface area contributed by atoms with E-state index >= 15 is 0 Å². The molecule has 4 bridgehead atoms. The quantitative estimate of drug-likeness (QED) is 0.509. The lowest BCUT2D eigenvalue weighted by atomic mass is 9.59. The third-order valence-corrected chi connectivity index (χ3v) is 8.49. The molecular formula is C21H35NO. The van der Waals surface area contributed by atoms with Crippen molar-refractivity contribution in [3.8, 4) is 0 Å². The fourth-order valence-corrected chi connectivity index (χ4v) is 7.34. The molecule has 0 N–H and O–H groups in total. The first kappa shape index (κ1) is 16.1. The molecule has 0 heterocycles. The SMILES string of the molecule is O=NC1CCCCC2(CCC1)C1CCCCC(C1)C1CCC2C1. The van der Waals surface area contributed by atoms with Gasteiger partial charge in [0.25, 0.3) is 0 Å². The molecule has 0 radical (unpaired) electrons. The Morgan fingerprint density at radius 2 is 1.30 bits per heavy atom. The molecule has 4 saturated carbocycles. The predicted octanol–water partition coefficient (Wildman–Crippen LogP) is 6.48. The van der Waals surface area contributed by atoms with Gasteiger partial charge in [0.05, 0.1) is 6.04 Å². The molecule has 0 amide bonds. The number of hydrogen-bond donors (Lipinski definition) is 0. The van der Waals surface area contributed by atoms with Gasteiger partial charge in [0.15, 0.2) is 0 Å². The van der Waals surface area contributed by atoms with Crippen LogP contribution in [-0.2, 0) is 0 Å². The van der Waals surface area contributed by atoms with Gasteiger partial charge in [-0.25, -0.2) is 0 Å². The van der Waals surface area contributed by atoms with Gasteiger partial charge in [0, 0.05) is 0 Å². The molecule has 4 fully saturated rings. The summed E-state index contributed by atoms with van der Waals surface area (Å²) in [4.78, 5) is 11.1. The highest BCUT2D eigenvalue weighted by atomic mass is 16.3. The molecule has 2 nitrogen and oxygen atoms in total. The summed E-state index contributed by atoms with van der Waals surface area (Å²) in [5.74, 6) is 4.15. The van der Waals surface area contributed by atoms with E-state index in [-0.39, 0.29) is 6.04 Å². The third-order valence-electron chi connectivity index (χ3n) is 8.49. The molecule has 6 atom stereocenters. The van der Waals surface area contributed by atoms with Crippen LogP contribution in [0.1, 0.15) is 96.3 Å². The fraction of sp³-hybridized carbons (Fsp3) is 1.00. The van der Waals surface area contributed by atoms with E-state index in [1.54, 1.807) is 12.8 Å². The Balaban J connectivity index is 1.60. The molecule has 4 aliphatic rings. The molecule has 0 aromatic heterocycles. The van der Waals surface area contributed by atoms with E-state index in [2.05, 4.69) is 5.18 Å². The maximum absolute atomic E-state index is 11.1. The Hall–Kier alpha value is -0.400. The Morgan fingerprint density at radius 1 is 0.652 bits per heavy atom. The van der Waals surface area contributed by atoms with Gasteiger partial charge in [-0.3, -0.25) is 0 Å². The zero-order valence-corrected chi connectivity index (χ0v) is 14.8. The molecule has 0 saturated heterocycles. The van der Waals surface area contributed by atoms with Crippen molar-refractivity contribution >= 4 is 0 Å². The second-order valence-electron chi connectivity index (χ2n) is 9.38. The van der Waals surface area contributed by atoms with Crippen molar-refractivity contribution in [3.63, 3.8) is 0 Å². The molecular weight excluding hydrogens is 282 g/mol. The first-order valence-electron chi connectivity index (χ1n) is 10.6. The molecule has 4 rings (SSSR count). The Kier molecular flexibility index (Phi) is 4.79.